The van der Waals surface area contributed by atoms with Crippen molar-refractivity contribution in [2.45, 2.75) is 18.9 Å². The second-order valence-electron chi connectivity index (χ2n) is 4.07. The van der Waals surface area contributed by atoms with Gasteiger partial charge in [-0.15, -0.1) is 0 Å². The summed E-state index contributed by atoms with van der Waals surface area (Å²) < 4.78 is 0. The maximum atomic E-state index is 11.5. The standard InChI is InChI=1S/C13H15N2O2/c16-8-2-4-10-3-1-5-12(9-10)15-13(17)14-11-6-7-11/h1-5,9,11H,6-8H2,(H2,14,15,17)/b4-2+. The normalized spacial score (nSPS) is 14.9. The molecule has 0 saturated heterocycles. The molecular formula is C13H15N2O2. The number of anilines is 1. The van der Waals surface area contributed by atoms with Crippen LogP contribution in [-0.4, -0.2) is 18.7 Å². The van der Waals surface area contributed by atoms with Gasteiger partial charge in [-0.3, -0.25) is 0 Å². The summed E-state index contributed by atoms with van der Waals surface area (Å²) in [5.41, 5.74) is 1.64. The van der Waals surface area contributed by atoms with E-state index in [9.17, 15) is 9.90 Å². The molecule has 0 heterocycles. The van der Waals surface area contributed by atoms with E-state index in [4.69, 9.17) is 0 Å². The number of carbonyl (C=O) groups is 1. The summed E-state index contributed by atoms with van der Waals surface area (Å²) in [6.45, 7) is -0.236. The molecule has 2 rings (SSSR count). The lowest BCUT2D eigenvalue weighted by molar-refractivity contribution is 0.233. The zero-order chi connectivity index (χ0) is 12.1. The maximum absolute atomic E-state index is 11.5. The fraction of sp³-hybridized carbons (Fsp3) is 0.308. The quantitative estimate of drug-likeness (QED) is 0.821. The fourth-order valence-corrected chi connectivity index (χ4v) is 1.48. The average molecular weight is 231 g/mol. The molecule has 0 atom stereocenters. The summed E-state index contributed by atoms with van der Waals surface area (Å²) in [5.74, 6) is 0. The van der Waals surface area contributed by atoms with Crippen molar-refractivity contribution in [2.24, 2.45) is 0 Å². The molecule has 0 bridgehead atoms. The molecular weight excluding hydrogens is 216 g/mol. The second kappa shape index (κ2) is 5.50. The highest BCUT2D eigenvalue weighted by Gasteiger charge is 2.23. The van der Waals surface area contributed by atoms with Crippen molar-refractivity contribution in [1.82, 2.24) is 5.32 Å². The molecule has 4 heteroatoms. The summed E-state index contributed by atoms with van der Waals surface area (Å²) >= 11 is 0. The van der Waals surface area contributed by atoms with E-state index in [2.05, 4.69) is 10.6 Å². The summed E-state index contributed by atoms with van der Waals surface area (Å²) in [6, 6.07) is 7.56. The van der Waals surface area contributed by atoms with Crippen LogP contribution in [0.25, 0.3) is 6.08 Å². The van der Waals surface area contributed by atoms with Gasteiger partial charge in [0.05, 0.1) is 0 Å². The molecule has 2 N–H and O–H groups in total. The number of hydrogen-bond donors (Lipinski definition) is 2. The van der Waals surface area contributed by atoms with Crippen LogP contribution in [0.15, 0.2) is 30.3 Å². The van der Waals surface area contributed by atoms with Gasteiger partial charge in [0.2, 0.25) is 0 Å². The van der Waals surface area contributed by atoms with E-state index < -0.39 is 0 Å². The van der Waals surface area contributed by atoms with Gasteiger partial charge in [0, 0.05) is 11.7 Å². The lowest BCUT2D eigenvalue weighted by Crippen LogP contribution is -2.30. The van der Waals surface area contributed by atoms with Gasteiger partial charge in [0.1, 0.15) is 6.61 Å². The average Bonchev–Trinajstić information content (AvgIpc) is 3.10. The topological polar surface area (TPSA) is 61.0 Å². The third kappa shape index (κ3) is 3.92. The first kappa shape index (κ1) is 11.7. The molecule has 17 heavy (non-hydrogen) atoms. The highest BCUT2D eigenvalue weighted by atomic mass is 16.2. The first-order valence-corrected chi connectivity index (χ1v) is 5.70. The number of rotatable bonds is 4. The first-order valence-electron chi connectivity index (χ1n) is 5.70. The van der Waals surface area contributed by atoms with E-state index in [1.807, 2.05) is 24.3 Å². The van der Waals surface area contributed by atoms with E-state index in [0.29, 0.717) is 6.04 Å². The van der Waals surface area contributed by atoms with E-state index in [0.717, 1.165) is 24.1 Å². The number of benzene rings is 1. The largest absolute Gasteiger partial charge is 0.335 e. The Morgan fingerprint density at radius 1 is 1.41 bits per heavy atom. The van der Waals surface area contributed by atoms with Crippen LogP contribution in [0.3, 0.4) is 0 Å². The van der Waals surface area contributed by atoms with Gasteiger partial charge in [0.25, 0.3) is 0 Å². The minimum Gasteiger partial charge on any atom is -0.335 e. The smallest absolute Gasteiger partial charge is 0.319 e. The summed E-state index contributed by atoms with van der Waals surface area (Å²) in [7, 11) is 0. The molecule has 1 aromatic rings. The lowest BCUT2D eigenvalue weighted by Gasteiger charge is -2.06. The minimum absolute atomic E-state index is 0.169. The van der Waals surface area contributed by atoms with E-state index >= 15 is 0 Å². The zero-order valence-corrected chi connectivity index (χ0v) is 9.48. The van der Waals surface area contributed by atoms with Crippen molar-refractivity contribution in [3.05, 3.63) is 35.9 Å². The van der Waals surface area contributed by atoms with E-state index in [1.165, 1.54) is 0 Å². The summed E-state index contributed by atoms with van der Waals surface area (Å²) in [4.78, 5) is 11.5. The van der Waals surface area contributed by atoms with Crippen molar-refractivity contribution < 1.29 is 9.90 Å². The van der Waals surface area contributed by atoms with Crippen LogP contribution in [0, 0.1) is 0 Å². The van der Waals surface area contributed by atoms with Gasteiger partial charge in [-0.2, -0.15) is 0 Å². The first-order chi connectivity index (χ1) is 8.28. The summed E-state index contributed by atoms with van der Waals surface area (Å²) in [5, 5.41) is 15.9. The lowest BCUT2D eigenvalue weighted by atomic mass is 10.2. The SMILES string of the molecule is [O]C/C=C/c1cccc(NC(=O)NC2CC2)c1. The van der Waals surface area contributed by atoms with Crippen LogP contribution >= 0.6 is 0 Å². The van der Waals surface area contributed by atoms with Gasteiger partial charge in [-0.05, 0) is 30.5 Å². The van der Waals surface area contributed by atoms with Crippen molar-refractivity contribution >= 4 is 17.8 Å². The van der Waals surface area contributed by atoms with Crippen molar-refractivity contribution in [3.63, 3.8) is 0 Å². The Balaban J connectivity index is 1.94. The molecule has 0 aliphatic heterocycles. The Bertz CT molecular complexity index is 425. The molecule has 0 unspecified atom stereocenters. The summed E-state index contributed by atoms with van der Waals surface area (Å²) in [6.07, 6.45) is 5.43. The molecule has 1 saturated carbocycles. The fourth-order valence-electron chi connectivity index (χ4n) is 1.48. The highest BCUT2D eigenvalue weighted by Crippen LogP contribution is 2.19. The van der Waals surface area contributed by atoms with Crippen molar-refractivity contribution in [1.29, 1.82) is 0 Å². The number of urea groups is 1. The Kier molecular flexibility index (Phi) is 3.77. The van der Waals surface area contributed by atoms with Crippen LogP contribution in [0.1, 0.15) is 18.4 Å². The molecule has 1 radical (unpaired) electrons. The predicted molar refractivity (Wildman–Crippen MR) is 66.2 cm³/mol. The third-order valence-electron chi connectivity index (χ3n) is 2.46. The molecule has 1 aliphatic carbocycles. The molecule has 1 aromatic carbocycles. The Morgan fingerprint density at radius 2 is 2.24 bits per heavy atom. The van der Waals surface area contributed by atoms with Crippen LogP contribution in [0.2, 0.25) is 0 Å². The minimum atomic E-state index is -0.236. The predicted octanol–water partition coefficient (Wildman–Crippen LogP) is 2.41. The van der Waals surface area contributed by atoms with Gasteiger partial charge in [0.15, 0.2) is 0 Å². The molecule has 89 valence electrons. The molecule has 1 fully saturated rings. The van der Waals surface area contributed by atoms with Gasteiger partial charge in [-0.1, -0.05) is 24.3 Å². The van der Waals surface area contributed by atoms with Crippen LogP contribution in [0.5, 0.6) is 0 Å². The maximum Gasteiger partial charge on any atom is 0.319 e. The Labute approximate surface area is 100 Å². The Hall–Kier alpha value is -1.81. The van der Waals surface area contributed by atoms with Crippen LogP contribution in [0.4, 0.5) is 10.5 Å². The number of nitrogens with one attached hydrogen (secondary N) is 2. The van der Waals surface area contributed by atoms with Crippen molar-refractivity contribution in [3.8, 4) is 0 Å². The van der Waals surface area contributed by atoms with E-state index in [1.54, 1.807) is 12.2 Å². The third-order valence-corrected chi connectivity index (χ3v) is 2.46. The molecule has 4 nitrogen and oxygen atoms in total. The van der Waals surface area contributed by atoms with Gasteiger partial charge in [-0.25, -0.2) is 9.90 Å². The number of hydrogen-bond acceptors (Lipinski definition) is 1. The second-order valence-corrected chi connectivity index (χ2v) is 4.07. The van der Waals surface area contributed by atoms with E-state index in [-0.39, 0.29) is 12.6 Å². The number of carbonyl (C=O) groups excluding carboxylic acids is 1. The molecule has 2 amide bonds. The van der Waals surface area contributed by atoms with Gasteiger partial charge >= 0.3 is 6.03 Å². The van der Waals surface area contributed by atoms with Gasteiger partial charge < -0.3 is 10.6 Å². The van der Waals surface area contributed by atoms with Crippen LogP contribution in [-0.2, 0) is 5.11 Å². The Morgan fingerprint density at radius 3 is 2.94 bits per heavy atom. The monoisotopic (exact) mass is 231 g/mol. The molecule has 0 aromatic heterocycles. The van der Waals surface area contributed by atoms with Crippen molar-refractivity contribution in [2.75, 3.05) is 11.9 Å². The number of amides is 2. The zero-order valence-electron chi connectivity index (χ0n) is 9.48. The highest BCUT2D eigenvalue weighted by molar-refractivity contribution is 5.89. The molecule has 0 spiro atoms. The van der Waals surface area contributed by atoms with Crippen LogP contribution < -0.4 is 10.6 Å². The molecule has 1 aliphatic rings.